The molecule has 0 aromatic rings. The highest BCUT2D eigenvalue weighted by Gasteiger charge is 2.46. The molecule has 1 N–H and O–H groups in total. The minimum absolute atomic E-state index is 0.294. The fourth-order valence-corrected chi connectivity index (χ4v) is 12.2. The molecule has 0 saturated carbocycles. The SMILES string of the molecule is CC(F)(F)S(=O)(=O)[N-]S(=O)(=O)C(F)(F)F.CC(F)(F)S(=O)(=O)[N-]S(=O)(=O)C(F)(F)F.CC(F)(F)S(=O)(=O)[N-]S(=O)(=O)C(F)(F)F.CC[N+](C)(C)CCCCCCO[Si](C)(C)C.CC[N+](C)(C)CCOCCO[Si](C)(C)C.C[NH+]1C=C[N+](CCO[Si](C)(C)C)=C1. The van der Waals surface area contributed by atoms with Crippen molar-refractivity contribution >= 4 is 91.4 Å². The van der Waals surface area contributed by atoms with Gasteiger partial charge in [-0.05, 0) is 92.0 Å². The first-order valence-corrected chi connectivity index (χ1v) is 44.8. The fourth-order valence-electron chi connectivity index (χ4n) is 4.38. The molecule has 0 fully saturated rings. The van der Waals surface area contributed by atoms with E-state index < -0.39 is 117 Å². The van der Waals surface area contributed by atoms with Gasteiger partial charge in [0.25, 0.3) is 0 Å². The van der Waals surface area contributed by atoms with Crippen LogP contribution < -0.4 is 4.90 Å². The third kappa shape index (κ3) is 46.1. The molecule has 0 spiro atoms. The van der Waals surface area contributed by atoms with Crippen molar-refractivity contribution in [1.82, 2.24) is 0 Å². The summed E-state index contributed by atoms with van der Waals surface area (Å²) in [7, 11) is -30.4. The summed E-state index contributed by atoms with van der Waals surface area (Å²) < 4.78 is 330. The molecule has 1 aliphatic heterocycles. The Labute approximate surface area is 519 Å². The van der Waals surface area contributed by atoms with Crippen molar-refractivity contribution < 1.29 is 153 Å². The van der Waals surface area contributed by atoms with E-state index in [1.165, 1.54) is 43.7 Å². The summed E-state index contributed by atoms with van der Waals surface area (Å²) in [6.07, 6.45) is 11.6. The Morgan fingerprint density at radius 3 is 0.989 bits per heavy atom. The Morgan fingerprint density at radius 2 is 0.719 bits per heavy atom. The van der Waals surface area contributed by atoms with Crippen molar-refractivity contribution in [3.05, 3.63) is 24.8 Å². The van der Waals surface area contributed by atoms with E-state index in [-0.39, 0.29) is 20.8 Å². The molecular weight excluding hydrogens is 1420 g/mol. The van der Waals surface area contributed by atoms with Crippen LogP contribution in [-0.4, -0.2) is 229 Å². The number of nitrogens with zero attached hydrogens (tertiary/aromatic N) is 6. The molecule has 0 aromatic heterocycles. The van der Waals surface area contributed by atoms with E-state index in [0.29, 0.717) is 0 Å². The maximum absolute atomic E-state index is 12.1. The first-order valence-electron chi connectivity index (χ1n) is 25.9. The summed E-state index contributed by atoms with van der Waals surface area (Å²) in [5.41, 5.74) is -18.1. The number of unbranched alkanes of at least 4 members (excludes halogenated alkanes) is 3. The molecule has 0 radical (unpaired) electrons. The smallest absolute Gasteiger partial charge is 0.423 e. The lowest BCUT2D eigenvalue weighted by molar-refractivity contribution is -0.888. The second-order valence-corrected chi connectivity index (χ2v) is 47.7. The Balaban J connectivity index is -0.000000317. The van der Waals surface area contributed by atoms with Crippen molar-refractivity contribution in [2.75, 3.05) is 101 Å². The molecule has 89 heavy (non-hydrogen) atoms. The first kappa shape index (κ1) is 96.0. The van der Waals surface area contributed by atoms with Gasteiger partial charge >= 0.3 is 38.6 Å². The normalized spacial score (nSPS) is 15.6. The van der Waals surface area contributed by atoms with Crippen LogP contribution in [0.3, 0.4) is 0 Å². The molecule has 1 atom stereocenters. The summed E-state index contributed by atoms with van der Waals surface area (Å²) in [6.45, 7) is 33.5. The second kappa shape index (κ2) is 37.0. The van der Waals surface area contributed by atoms with Gasteiger partial charge < -0.3 is 39.4 Å². The maximum Gasteiger partial charge on any atom is 0.480 e. The fraction of sp³-hybridized carbons (Fsp3) is 0.929. The first-order chi connectivity index (χ1) is 38.6. The number of halogens is 15. The topological polar surface area (TPSA) is 292 Å². The molecule has 0 amide bonds. The van der Waals surface area contributed by atoms with E-state index in [1.807, 2.05) is 0 Å². The van der Waals surface area contributed by atoms with Gasteiger partial charge in [-0.2, -0.15) is 70.4 Å². The van der Waals surface area contributed by atoms with Gasteiger partial charge in [-0.15, -0.1) is 0 Å². The number of rotatable bonds is 30. The van der Waals surface area contributed by atoms with E-state index in [9.17, 15) is 116 Å². The van der Waals surface area contributed by atoms with Gasteiger partial charge in [0.05, 0.1) is 81.3 Å². The van der Waals surface area contributed by atoms with E-state index in [4.69, 9.17) is 18.0 Å². The lowest BCUT2D eigenvalue weighted by Gasteiger charge is -2.28. The quantitative estimate of drug-likeness (QED) is 0.0231. The number of ether oxygens (including phenoxy) is 1. The minimum atomic E-state index is -6.48. The van der Waals surface area contributed by atoms with Crippen LogP contribution in [-0.2, 0) is 78.2 Å². The zero-order valence-electron chi connectivity index (χ0n) is 53.0. The summed E-state index contributed by atoms with van der Waals surface area (Å²) in [5.74, 6) is 0. The van der Waals surface area contributed by atoms with Gasteiger partial charge in [0, 0.05) is 27.4 Å². The predicted molar refractivity (Wildman–Crippen MR) is 313 cm³/mol. The number of sulfonamides is 6. The molecular formula is C42H89F15N7O16S6Si3+. The highest BCUT2D eigenvalue weighted by molar-refractivity contribution is 8.14. The van der Waals surface area contributed by atoms with Gasteiger partial charge in [0.15, 0.2) is 67.8 Å². The van der Waals surface area contributed by atoms with Crippen LogP contribution in [0.5, 0.6) is 0 Å². The van der Waals surface area contributed by atoms with Crippen molar-refractivity contribution in [3.8, 4) is 0 Å². The highest BCUT2D eigenvalue weighted by Crippen LogP contribution is 2.38. The van der Waals surface area contributed by atoms with E-state index in [1.54, 1.807) is 0 Å². The number of hydrogen-bond acceptors (Lipinski definition) is 16. The minimum Gasteiger partial charge on any atom is -0.423 e. The van der Waals surface area contributed by atoms with Gasteiger partial charge in [0.1, 0.15) is 36.6 Å². The van der Waals surface area contributed by atoms with Crippen molar-refractivity contribution in [1.29, 1.82) is 0 Å². The highest BCUT2D eigenvalue weighted by atomic mass is 32.3. The molecule has 1 rings (SSSR count). The van der Waals surface area contributed by atoms with E-state index >= 15 is 0 Å². The number of nitrogens with one attached hydrogen (secondary N) is 1. The predicted octanol–water partition coefficient (Wildman–Crippen LogP) is 8.78. The summed E-state index contributed by atoms with van der Waals surface area (Å²) >= 11 is 0. The van der Waals surface area contributed by atoms with Crippen LogP contribution in [0.1, 0.15) is 60.3 Å². The standard InChI is InChI=1S/C13H32NOSi.C11H28NO2Si.C9H19N2OSi.3C3H3F5NO4S2/c1-7-14(2,3)12-10-8-9-11-13-15-16(4,5)6;1-7-12(2,3)8-9-13-10-11-14-15(4,5)6;1-10-5-6-11(9-10)7-8-12-13(2,3)4;3*1-2(4,5)14(10,11)9-15(12,13)3(6,7)8/h7-13H2,1-6H3;7-11H2,1-6H3;5-6,9H,7-8H2,1-4H3;3*1H3/q3*+1;3*-1/p+1. The lowest BCUT2D eigenvalue weighted by atomic mass is 10.2. The molecule has 1 unspecified atom stereocenters. The number of quaternary nitrogens is 3. The van der Waals surface area contributed by atoms with Crippen molar-refractivity contribution in [3.63, 3.8) is 0 Å². The molecule has 23 nitrogen and oxygen atoms in total. The van der Waals surface area contributed by atoms with Crippen molar-refractivity contribution in [2.24, 2.45) is 0 Å². The van der Waals surface area contributed by atoms with Crippen LogP contribution in [0, 0.1) is 0 Å². The molecule has 47 heteroatoms. The van der Waals surface area contributed by atoms with E-state index in [2.05, 4.69) is 131 Å². The maximum atomic E-state index is 12.1. The average molecular weight is 1510 g/mol. The third-order valence-electron chi connectivity index (χ3n) is 10.1. The van der Waals surface area contributed by atoms with Crippen LogP contribution >= 0.6 is 0 Å². The van der Waals surface area contributed by atoms with Gasteiger partial charge in [-0.1, -0.05) is 6.42 Å². The number of hydrogen-bond donors (Lipinski definition) is 1. The molecule has 0 aromatic carbocycles. The van der Waals surface area contributed by atoms with Crippen molar-refractivity contribution in [2.45, 2.75) is 152 Å². The molecule has 0 aliphatic carbocycles. The molecule has 1 heterocycles. The van der Waals surface area contributed by atoms with Crippen LogP contribution in [0.15, 0.2) is 12.4 Å². The number of likely N-dealkylation sites (N-methyl/N-ethyl adjacent to an activating group) is 1. The molecule has 0 saturated heterocycles. The summed E-state index contributed by atoms with van der Waals surface area (Å²) in [5, 5.41) is -14.1. The van der Waals surface area contributed by atoms with Crippen LogP contribution in [0.25, 0.3) is 12.4 Å². The van der Waals surface area contributed by atoms with Crippen LogP contribution in [0.2, 0.25) is 58.9 Å². The Morgan fingerprint density at radius 1 is 0.427 bits per heavy atom. The second-order valence-electron chi connectivity index (χ2n) is 23.1. The zero-order chi connectivity index (χ0) is 72.6. The number of alkyl halides is 15. The Kier molecular flexibility index (Phi) is 39.9. The molecule has 0 bridgehead atoms. The molecule has 540 valence electrons. The zero-order valence-corrected chi connectivity index (χ0v) is 60.9. The summed E-state index contributed by atoms with van der Waals surface area (Å²) in [4.78, 5) is 1.31. The summed E-state index contributed by atoms with van der Waals surface area (Å²) in [6, 6.07) is 0. The average Bonchev–Trinajstić information content (AvgIpc) is 3.68. The van der Waals surface area contributed by atoms with Gasteiger partial charge in [-0.3, -0.25) is 0 Å². The molecule has 1 aliphatic rings. The van der Waals surface area contributed by atoms with Gasteiger partial charge in [0.2, 0.25) is 6.20 Å². The Hall–Kier alpha value is -1.69. The monoisotopic (exact) mass is 1510 g/mol. The van der Waals surface area contributed by atoms with Gasteiger partial charge in [-0.25, -0.2) is 55.4 Å². The van der Waals surface area contributed by atoms with E-state index in [0.717, 1.165) is 74.0 Å². The lowest BCUT2D eigenvalue weighted by Crippen LogP contribution is -3.02. The largest absolute Gasteiger partial charge is 0.480 e. The Bertz CT molecular complexity index is 2530. The third-order valence-corrected chi connectivity index (χ3v) is 22.5. The van der Waals surface area contributed by atoms with Crippen LogP contribution in [0.4, 0.5) is 65.9 Å².